The van der Waals surface area contributed by atoms with Gasteiger partial charge in [0.1, 0.15) is 0 Å². The zero-order valence-corrected chi connectivity index (χ0v) is 13.3. The van der Waals surface area contributed by atoms with Crippen molar-refractivity contribution in [1.82, 2.24) is 10.2 Å². The molecule has 1 heterocycles. The van der Waals surface area contributed by atoms with Crippen LogP contribution in [0.2, 0.25) is 10.0 Å². The Kier molecular flexibility index (Phi) is 5.30. The normalized spacial score (nSPS) is 18.1. The zero-order chi connectivity index (χ0) is 14.7. The van der Waals surface area contributed by atoms with Gasteiger partial charge in [0.05, 0.1) is 6.04 Å². The SMILES string of the molecule is CC(NC(C)c1cc(Cl)ccc1Cl)C(=O)N1CCCC1. The summed E-state index contributed by atoms with van der Waals surface area (Å²) in [6, 6.07) is 5.14. The molecule has 0 aliphatic carbocycles. The maximum absolute atomic E-state index is 12.3. The quantitative estimate of drug-likeness (QED) is 0.920. The third-order valence-corrected chi connectivity index (χ3v) is 4.29. The largest absolute Gasteiger partial charge is 0.341 e. The lowest BCUT2D eigenvalue weighted by Gasteiger charge is -2.25. The Balaban J connectivity index is 2.01. The lowest BCUT2D eigenvalue weighted by molar-refractivity contribution is -0.132. The fourth-order valence-electron chi connectivity index (χ4n) is 2.59. The first kappa shape index (κ1) is 15.6. The van der Waals surface area contributed by atoms with Gasteiger partial charge >= 0.3 is 0 Å². The minimum atomic E-state index is -0.224. The van der Waals surface area contributed by atoms with Crippen LogP contribution in [-0.4, -0.2) is 29.9 Å². The van der Waals surface area contributed by atoms with Crippen LogP contribution in [0.4, 0.5) is 0 Å². The van der Waals surface area contributed by atoms with Crippen molar-refractivity contribution in [2.75, 3.05) is 13.1 Å². The predicted octanol–water partition coefficient (Wildman–Crippen LogP) is 3.65. The van der Waals surface area contributed by atoms with Crippen LogP contribution in [0.3, 0.4) is 0 Å². The van der Waals surface area contributed by atoms with Gasteiger partial charge in [0.25, 0.3) is 0 Å². The fourth-order valence-corrected chi connectivity index (χ4v) is 3.06. The summed E-state index contributed by atoms with van der Waals surface area (Å²) in [5.74, 6) is 0.160. The maximum atomic E-state index is 12.3. The molecular weight excluding hydrogens is 295 g/mol. The molecule has 0 aromatic heterocycles. The number of rotatable bonds is 4. The highest BCUT2D eigenvalue weighted by atomic mass is 35.5. The maximum Gasteiger partial charge on any atom is 0.239 e. The van der Waals surface area contributed by atoms with Crippen molar-refractivity contribution in [3.8, 4) is 0 Å². The minimum Gasteiger partial charge on any atom is -0.341 e. The molecule has 1 aliphatic heterocycles. The van der Waals surface area contributed by atoms with E-state index in [1.54, 1.807) is 12.1 Å². The minimum absolute atomic E-state index is 0.0252. The first-order chi connectivity index (χ1) is 9.49. The van der Waals surface area contributed by atoms with E-state index in [9.17, 15) is 4.79 Å². The van der Waals surface area contributed by atoms with Gasteiger partial charge in [0, 0.05) is 29.2 Å². The number of carbonyl (C=O) groups excluding carboxylic acids is 1. The van der Waals surface area contributed by atoms with E-state index in [2.05, 4.69) is 5.32 Å². The van der Waals surface area contributed by atoms with Gasteiger partial charge in [-0.3, -0.25) is 10.1 Å². The molecule has 1 N–H and O–H groups in total. The fraction of sp³-hybridized carbons (Fsp3) is 0.533. The van der Waals surface area contributed by atoms with Crippen molar-refractivity contribution in [2.24, 2.45) is 0 Å². The molecule has 1 saturated heterocycles. The van der Waals surface area contributed by atoms with E-state index >= 15 is 0 Å². The van der Waals surface area contributed by atoms with E-state index < -0.39 is 0 Å². The van der Waals surface area contributed by atoms with E-state index in [-0.39, 0.29) is 18.0 Å². The van der Waals surface area contributed by atoms with Crippen molar-refractivity contribution < 1.29 is 4.79 Å². The molecule has 110 valence electrons. The van der Waals surface area contributed by atoms with Crippen molar-refractivity contribution >= 4 is 29.1 Å². The second kappa shape index (κ2) is 6.79. The molecule has 1 amide bonds. The molecule has 1 aliphatic rings. The summed E-state index contributed by atoms with van der Waals surface area (Å²) < 4.78 is 0. The molecule has 0 saturated carbocycles. The first-order valence-corrected chi connectivity index (χ1v) is 7.74. The summed E-state index contributed by atoms with van der Waals surface area (Å²) in [6.07, 6.45) is 2.21. The molecule has 2 unspecified atom stereocenters. The molecule has 2 atom stereocenters. The van der Waals surface area contributed by atoms with Crippen molar-refractivity contribution in [1.29, 1.82) is 0 Å². The summed E-state index contributed by atoms with van der Waals surface area (Å²) in [7, 11) is 0. The van der Waals surface area contributed by atoms with Gasteiger partial charge in [0.2, 0.25) is 5.91 Å². The Morgan fingerprint density at radius 1 is 1.25 bits per heavy atom. The average molecular weight is 315 g/mol. The van der Waals surface area contributed by atoms with Gasteiger partial charge in [-0.25, -0.2) is 0 Å². The number of nitrogens with one attached hydrogen (secondary N) is 1. The van der Waals surface area contributed by atoms with E-state index in [1.165, 1.54) is 0 Å². The zero-order valence-electron chi connectivity index (χ0n) is 11.8. The van der Waals surface area contributed by atoms with Crippen LogP contribution in [0.25, 0.3) is 0 Å². The van der Waals surface area contributed by atoms with Crippen LogP contribution in [0, 0.1) is 0 Å². The van der Waals surface area contributed by atoms with Gasteiger partial charge in [-0.05, 0) is 50.5 Å². The molecular formula is C15H20Cl2N2O. The molecule has 2 rings (SSSR count). The highest BCUT2D eigenvalue weighted by Crippen LogP contribution is 2.26. The number of benzene rings is 1. The number of halogens is 2. The molecule has 3 nitrogen and oxygen atoms in total. The number of hydrogen-bond donors (Lipinski definition) is 1. The van der Waals surface area contributed by atoms with E-state index in [1.807, 2.05) is 24.8 Å². The summed E-state index contributed by atoms with van der Waals surface area (Å²) in [5.41, 5.74) is 0.917. The standard InChI is InChI=1S/C15H20Cl2N2O/c1-10(13-9-12(16)5-6-14(13)17)18-11(2)15(20)19-7-3-4-8-19/h5-6,9-11,18H,3-4,7-8H2,1-2H3. The Bertz CT molecular complexity index is 487. The smallest absolute Gasteiger partial charge is 0.239 e. The summed E-state index contributed by atoms with van der Waals surface area (Å²) in [4.78, 5) is 14.2. The van der Waals surface area contributed by atoms with Gasteiger partial charge in [-0.1, -0.05) is 23.2 Å². The van der Waals surface area contributed by atoms with Gasteiger partial charge in [-0.2, -0.15) is 0 Å². The first-order valence-electron chi connectivity index (χ1n) is 6.99. The number of hydrogen-bond acceptors (Lipinski definition) is 2. The van der Waals surface area contributed by atoms with Gasteiger partial charge in [-0.15, -0.1) is 0 Å². The van der Waals surface area contributed by atoms with Crippen LogP contribution in [-0.2, 0) is 4.79 Å². The highest BCUT2D eigenvalue weighted by Gasteiger charge is 2.24. The number of carbonyl (C=O) groups is 1. The summed E-state index contributed by atoms with van der Waals surface area (Å²) in [5, 5.41) is 4.62. The average Bonchev–Trinajstić information content (AvgIpc) is 2.94. The molecule has 20 heavy (non-hydrogen) atoms. The molecule has 1 fully saturated rings. The number of amides is 1. The van der Waals surface area contributed by atoms with Gasteiger partial charge < -0.3 is 4.90 Å². The molecule has 0 spiro atoms. The van der Waals surface area contributed by atoms with Crippen LogP contribution in [0.1, 0.15) is 38.3 Å². The molecule has 1 aromatic rings. The lowest BCUT2D eigenvalue weighted by atomic mass is 10.1. The Morgan fingerprint density at radius 3 is 2.55 bits per heavy atom. The topological polar surface area (TPSA) is 32.3 Å². The van der Waals surface area contributed by atoms with Crippen molar-refractivity contribution in [3.05, 3.63) is 33.8 Å². The van der Waals surface area contributed by atoms with E-state index in [0.717, 1.165) is 31.5 Å². The third kappa shape index (κ3) is 3.66. The van der Waals surface area contributed by atoms with Crippen molar-refractivity contribution in [3.63, 3.8) is 0 Å². The highest BCUT2D eigenvalue weighted by molar-refractivity contribution is 6.33. The van der Waals surface area contributed by atoms with E-state index in [4.69, 9.17) is 23.2 Å². The Labute approximate surface area is 130 Å². The number of likely N-dealkylation sites (tertiary alicyclic amines) is 1. The van der Waals surface area contributed by atoms with Crippen LogP contribution in [0.15, 0.2) is 18.2 Å². The summed E-state index contributed by atoms with van der Waals surface area (Å²) >= 11 is 12.2. The van der Waals surface area contributed by atoms with Gasteiger partial charge in [0.15, 0.2) is 0 Å². The second-order valence-electron chi connectivity index (χ2n) is 5.31. The molecule has 1 aromatic carbocycles. The summed E-state index contributed by atoms with van der Waals surface area (Å²) in [6.45, 7) is 5.63. The number of nitrogens with zero attached hydrogens (tertiary/aromatic N) is 1. The second-order valence-corrected chi connectivity index (χ2v) is 6.15. The van der Waals surface area contributed by atoms with Crippen LogP contribution >= 0.6 is 23.2 Å². The predicted molar refractivity (Wildman–Crippen MR) is 83.3 cm³/mol. The lowest BCUT2D eigenvalue weighted by Crippen LogP contribution is -2.44. The molecule has 0 radical (unpaired) electrons. The van der Waals surface area contributed by atoms with Crippen LogP contribution in [0.5, 0.6) is 0 Å². The van der Waals surface area contributed by atoms with Crippen molar-refractivity contribution in [2.45, 2.75) is 38.8 Å². The third-order valence-electron chi connectivity index (χ3n) is 3.71. The molecule has 0 bridgehead atoms. The van der Waals surface area contributed by atoms with E-state index in [0.29, 0.717) is 10.0 Å². The van der Waals surface area contributed by atoms with Crippen LogP contribution < -0.4 is 5.32 Å². The molecule has 5 heteroatoms. The Hall–Kier alpha value is -0.770. The monoisotopic (exact) mass is 314 g/mol. The Morgan fingerprint density at radius 2 is 1.90 bits per heavy atom.